The molecule has 0 saturated carbocycles. The van der Waals surface area contributed by atoms with Crippen molar-refractivity contribution in [3.05, 3.63) is 95.6 Å². The topological polar surface area (TPSA) is 86.8 Å². The van der Waals surface area contributed by atoms with E-state index in [0.29, 0.717) is 18.5 Å². The van der Waals surface area contributed by atoms with Crippen molar-refractivity contribution < 1.29 is 18.0 Å². The standard InChI is InChI=1S/C32H41N3O4S/c1-6-26(5)33-32(37)29(7-2)34(21-20-27-14-10-8-11-15-27)31(36)23-35(30-19-18-24(3)22-25(30)4)40(38,39)28-16-12-9-13-17-28/h8-19,22,26,29H,6-7,20-21,23H2,1-5H3,(H,33,37)/t26-,29-/m0/s1. The van der Waals surface area contributed by atoms with E-state index in [0.717, 1.165) is 23.1 Å². The Morgan fingerprint density at radius 2 is 1.50 bits per heavy atom. The van der Waals surface area contributed by atoms with Gasteiger partial charge < -0.3 is 10.2 Å². The highest BCUT2D eigenvalue weighted by atomic mass is 32.2. The molecule has 7 nitrogen and oxygen atoms in total. The molecular weight excluding hydrogens is 522 g/mol. The number of nitrogens with one attached hydrogen (secondary N) is 1. The third-order valence-electron chi connectivity index (χ3n) is 7.10. The van der Waals surface area contributed by atoms with E-state index in [4.69, 9.17) is 0 Å². The molecule has 0 heterocycles. The zero-order valence-electron chi connectivity index (χ0n) is 24.1. The molecule has 214 valence electrons. The number of hydrogen-bond donors (Lipinski definition) is 1. The minimum absolute atomic E-state index is 0.0437. The molecule has 0 saturated heterocycles. The van der Waals surface area contributed by atoms with Crippen LogP contribution in [0.1, 0.15) is 50.3 Å². The third kappa shape index (κ3) is 7.72. The zero-order valence-corrected chi connectivity index (χ0v) is 24.9. The second-order valence-electron chi connectivity index (χ2n) is 10.2. The van der Waals surface area contributed by atoms with E-state index < -0.39 is 28.5 Å². The van der Waals surface area contributed by atoms with Crippen molar-refractivity contribution in [2.45, 2.75) is 70.9 Å². The molecule has 8 heteroatoms. The second kappa shape index (κ2) is 14.1. The third-order valence-corrected chi connectivity index (χ3v) is 8.88. The molecule has 0 aliphatic carbocycles. The maximum atomic E-state index is 14.1. The van der Waals surface area contributed by atoms with Gasteiger partial charge in [0.15, 0.2) is 0 Å². The summed E-state index contributed by atoms with van der Waals surface area (Å²) in [6.07, 6.45) is 1.70. The van der Waals surface area contributed by atoms with Crippen molar-refractivity contribution in [1.82, 2.24) is 10.2 Å². The Labute approximate surface area is 239 Å². The highest BCUT2D eigenvalue weighted by Crippen LogP contribution is 2.28. The van der Waals surface area contributed by atoms with Gasteiger partial charge in [0.2, 0.25) is 11.8 Å². The molecular formula is C32H41N3O4S. The summed E-state index contributed by atoms with van der Waals surface area (Å²) < 4.78 is 29.1. The first-order valence-electron chi connectivity index (χ1n) is 13.9. The average Bonchev–Trinajstić information content (AvgIpc) is 2.95. The Morgan fingerprint density at radius 1 is 0.875 bits per heavy atom. The van der Waals surface area contributed by atoms with Gasteiger partial charge in [-0.1, -0.05) is 80.1 Å². The fraction of sp³-hybridized carbons (Fsp3) is 0.375. The lowest BCUT2D eigenvalue weighted by atomic mass is 10.1. The molecule has 2 atom stereocenters. The molecule has 0 bridgehead atoms. The van der Waals surface area contributed by atoms with Crippen molar-refractivity contribution in [1.29, 1.82) is 0 Å². The SMILES string of the molecule is CC[C@H](C)NC(=O)[C@H](CC)N(CCc1ccccc1)C(=O)CN(c1ccc(C)cc1C)S(=O)(=O)c1ccccc1. The van der Waals surface area contributed by atoms with Gasteiger partial charge in [0.25, 0.3) is 10.0 Å². The van der Waals surface area contributed by atoms with Crippen LogP contribution in [0.3, 0.4) is 0 Å². The number of carbonyl (C=O) groups excluding carboxylic acids is 2. The molecule has 0 spiro atoms. The molecule has 0 unspecified atom stereocenters. The van der Waals surface area contributed by atoms with E-state index in [1.807, 2.05) is 77.1 Å². The number of amides is 2. The summed E-state index contributed by atoms with van der Waals surface area (Å²) in [4.78, 5) is 29.1. The van der Waals surface area contributed by atoms with Crippen molar-refractivity contribution in [3.8, 4) is 0 Å². The van der Waals surface area contributed by atoms with Crippen molar-refractivity contribution in [2.75, 3.05) is 17.4 Å². The molecule has 1 N–H and O–H groups in total. The van der Waals surface area contributed by atoms with Gasteiger partial charge in [-0.05, 0) is 69.4 Å². The fourth-order valence-corrected chi connectivity index (χ4v) is 6.15. The highest BCUT2D eigenvalue weighted by molar-refractivity contribution is 7.92. The maximum absolute atomic E-state index is 14.1. The zero-order chi connectivity index (χ0) is 29.3. The van der Waals surface area contributed by atoms with Crippen LogP contribution in [0, 0.1) is 13.8 Å². The number of carbonyl (C=O) groups is 2. The number of nitrogens with zero attached hydrogens (tertiary/aromatic N) is 2. The van der Waals surface area contributed by atoms with Crippen LogP contribution in [0.2, 0.25) is 0 Å². The largest absolute Gasteiger partial charge is 0.352 e. The van der Waals surface area contributed by atoms with E-state index >= 15 is 0 Å². The lowest BCUT2D eigenvalue weighted by molar-refractivity contribution is -0.139. The summed E-state index contributed by atoms with van der Waals surface area (Å²) in [6, 6.07) is 22.6. The van der Waals surface area contributed by atoms with Crippen LogP contribution in [0.4, 0.5) is 5.69 Å². The van der Waals surface area contributed by atoms with Gasteiger partial charge >= 0.3 is 0 Å². The van der Waals surface area contributed by atoms with E-state index in [9.17, 15) is 18.0 Å². The Morgan fingerprint density at radius 3 is 2.08 bits per heavy atom. The predicted molar refractivity (Wildman–Crippen MR) is 161 cm³/mol. The number of rotatable bonds is 13. The van der Waals surface area contributed by atoms with Crippen LogP contribution in [0.25, 0.3) is 0 Å². The molecule has 2 amide bonds. The monoisotopic (exact) mass is 563 g/mol. The molecule has 0 radical (unpaired) electrons. The Kier molecular flexibility index (Phi) is 10.9. The predicted octanol–water partition coefficient (Wildman–Crippen LogP) is 5.26. The summed E-state index contributed by atoms with van der Waals surface area (Å²) in [7, 11) is -4.08. The van der Waals surface area contributed by atoms with Gasteiger partial charge in [-0.25, -0.2) is 8.42 Å². The van der Waals surface area contributed by atoms with E-state index in [2.05, 4.69) is 5.32 Å². The summed E-state index contributed by atoms with van der Waals surface area (Å²) in [6.45, 7) is 9.40. The van der Waals surface area contributed by atoms with E-state index in [-0.39, 0.29) is 23.4 Å². The number of anilines is 1. The van der Waals surface area contributed by atoms with Gasteiger partial charge in [0, 0.05) is 12.6 Å². The van der Waals surface area contributed by atoms with Gasteiger partial charge in [0.05, 0.1) is 10.6 Å². The molecule has 3 aromatic rings. The summed E-state index contributed by atoms with van der Waals surface area (Å²) in [5.41, 5.74) is 3.19. The normalized spacial score (nSPS) is 12.8. The molecule has 0 aliphatic rings. The summed E-state index contributed by atoms with van der Waals surface area (Å²) in [5, 5.41) is 3.01. The van der Waals surface area contributed by atoms with E-state index in [1.165, 1.54) is 16.4 Å². The molecule has 3 aromatic carbocycles. The molecule has 0 aliphatic heterocycles. The van der Waals surface area contributed by atoms with Crippen LogP contribution in [0.15, 0.2) is 83.8 Å². The average molecular weight is 564 g/mol. The summed E-state index contributed by atoms with van der Waals surface area (Å²) >= 11 is 0. The maximum Gasteiger partial charge on any atom is 0.264 e. The lowest BCUT2D eigenvalue weighted by Gasteiger charge is -2.34. The van der Waals surface area contributed by atoms with Crippen LogP contribution in [-0.4, -0.2) is 50.3 Å². The number of aryl methyl sites for hydroxylation is 2. The Hall–Kier alpha value is -3.65. The number of benzene rings is 3. The van der Waals surface area contributed by atoms with Crippen molar-refractivity contribution in [2.24, 2.45) is 0 Å². The summed E-state index contributed by atoms with van der Waals surface area (Å²) in [5.74, 6) is -0.663. The number of hydrogen-bond acceptors (Lipinski definition) is 4. The Balaban J connectivity index is 2.03. The van der Waals surface area contributed by atoms with Gasteiger partial charge in [-0.3, -0.25) is 13.9 Å². The van der Waals surface area contributed by atoms with Crippen LogP contribution in [-0.2, 0) is 26.0 Å². The Bertz CT molecular complexity index is 1380. The number of sulfonamides is 1. The highest BCUT2D eigenvalue weighted by Gasteiger charge is 2.34. The van der Waals surface area contributed by atoms with Crippen LogP contribution < -0.4 is 9.62 Å². The first-order chi connectivity index (χ1) is 19.1. The lowest BCUT2D eigenvalue weighted by Crippen LogP contribution is -2.54. The van der Waals surface area contributed by atoms with Gasteiger partial charge in [-0.2, -0.15) is 0 Å². The van der Waals surface area contributed by atoms with Crippen molar-refractivity contribution >= 4 is 27.5 Å². The van der Waals surface area contributed by atoms with Crippen molar-refractivity contribution in [3.63, 3.8) is 0 Å². The minimum atomic E-state index is -4.08. The quantitative estimate of drug-likeness (QED) is 0.307. The first-order valence-corrected chi connectivity index (χ1v) is 15.3. The minimum Gasteiger partial charge on any atom is -0.352 e. The van der Waals surface area contributed by atoms with Gasteiger partial charge in [-0.15, -0.1) is 0 Å². The molecule has 0 aromatic heterocycles. The molecule has 0 fully saturated rings. The molecule has 40 heavy (non-hydrogen) atoms. The van der Waals surface area contributed by atoms with Crippen LogP contribution >= 0.6 is 0 Å². The van der Waals surface area contributed by atoms with Crippen LogP contribution in [0.5, 0.6) is 0 Å². The second-order valence-corrected chi connectivity index (χ2v) is 12.0. The van der Waals surface area contributed by atoms with E-state index in [1.54, 1.807) is 29.2 Å². The smallest absolute Gasteiger partial charge is 0.264 e. The first kappa shape index (κ1) is 30.9. The fourth-order valence-electron chi connectivity index (χ4n) is 4.66. The molecule has 3 rings (SSSR count). The van der Waals surface area contributed by atoms with Gasteiger partial charge in [0.1, 0.15) is 12.6 Å².